The van der Waals surface area contributed by atoms with Gasteiger partial charge >= 0.3 is 6.03 Å². The second kappa shape index (κ2) is 4.78. The summed E-state index contributed by atoms with van der Waals surface area (Å²) >= 11 is 0. The Morgan fingerprint density at radius 3 is 2.63 bits per heavy atom. The largest absolute Gasteiger partial charge is 0.325 e. The van der Waals surface area contributed by atoms with Gasteiger partial charge in [-0.1, -0.05) is 6.92 Å². The molecule has 1 saturated carbocycles. The number of rotatable bonds is 2. The number of nitrogens with zero attached hydrogens (tertiary/aromatic N) is 1. The molecule has 2 heterocycles. The number of amides is 3. The molecule has 0 aromatic rings. The van der Waals surface area contributed by atoms with Gasteiger partial charge in [-0.25, -0.2) is 4.79 Å². The van der Waals surface area contributed by atoms with E-state index in [2.05, 4.69) is 17.6 Å². The fourth-order valence-electron chi connectivity index (χ4n) is 3.57. The number of imide groups is 1. The molecule has 3 fully saturated rings. The average Bonchev–Trinajstić information content (AvgIpc) is 2.97. The van der Waals surface area contributed by atoms with Gasteiger partial charge in [-0.05, 0) is 51.0 Å². The number of carbonyl (C=O) groups is 2. The molecule has 1 unspecified atom stereocenters. The van der Waals surface area contributed by atoms with Crippen LogP contribution in [0.1, 0.15) is 45.4 Å². The van der Waals surface area contributed by atoms with Crippen molar-refractivity contribution in [2.75, 3.05) is 13.1 Å². The van der Waals surface area contributed by atoms with Crippen LogP contribution >= 0.6 is 0 Å². The highest BCUT2D eigenvalue weighted by molar-refractivity contribution is 6.07. The van der Waals surface area contributed by atoms with Crippen LogP contribution in [0, 0.1) is 5.92 Å². The molecule has 3 amide bonds. The van der Waals surface area contributed by atoms with Gasteiger partial charge < -0.3 is 10.6 Å². The summed E-state index contributed by atoms with van der Waals surface area (Å²) in [5, 5.41) is 6.32. The molecule has 3 rings (SSSR count). The predicted molar refractivity (Wildman–Crippen MR) is 71.6 cm³/mol. The number of carbonyl (C=O) groups excluding carboxylic acids is 2. The molecule has 0 aromatic heterocycles. The van der Waals surface area contributed by atoms with Crippen molar-refractivity contribution in [2.45, 2.75) is 57.0 Å². The molecule has 1 aliphatic carbocycles. The minimum absolute atomic E-state index is 0.0121. The van der Waals surface area contributed by atoms with Crippen molar-refractivity contribution >= 4 is 11.9 Å². The molecule has 1 spiro atoms. The smallest absolute Gasteiger partial charge is 0.323 e. The van der Waals surface area contributed by atoms with Crippen molar-refractivity contribution in [2.24, 2.45) is 5.92 Å². The minimum atomic E-state index is -0.581. The zero-order valence-corrected chi connectivity index (χ0v) is 11.6. The van der Waals surface area contributed by atoms with Crippen molar-refractivity contribution in [1.82, 2.24) is 15.5 Å². The van der Waals surface area contributed by atoms with Crippen LogP contribution in [0.5, 0.6) is 0 Å². The van der Waals surface area contributed by atoms with Crippen molar-refractivity contribution < 1.29 is 9.59 Å². The summed E-state index contributed by atoms with van der Waals surface area (Å²) in [6.45, 7) is 3.74. The summed E-state index contributed by atoms with van der Waals surface area (Å²) in [6, 6.07) is 0.0978. The monoisotopic (exact) mass is 265 g/mol. The van der Waals surface area contributed by atoms with E-state index in [1.165, 1.54) is 4.90 Å². The topological polar surface area (TPSA) is 61.4 Å². The van der Waals surface area contributed by atoms with Crippen LogP contribution in [-0.2, 0) is 4.79 Å². The van der Waals surface area contributed by atoms with Gasteiger partial charge in [0.2, 0.25) is 0 Å². The van der Waals surface area contributed by atoms with Crippen LogP contribution in [0.3, 0.4) is 0 Å². The molecule has 2 saturated heterocycles. The van der Waals surface area contributed by atoms with E-state index in [4.69, 9.17) is 0 Å². The fraction of sp³-hybridized carbons (Fsp3) is 0.857. The Bertz CT molecular complexity index is 382. The zero-order chi connectivity index (χ0) is 13.5. The van der Waals surface area contributed by atoms with E-state index in [0.29, 0.717) is 12.5 Å². The van der Waals surface area contributed by atoms with Gasteiger partial charge in [-0.3, -0.25) is 9.69 Å². The van der Waals surface area contributed by atoms with Gasteiger partial charge in [-0.15, -0.1) is 0 Å². The second-order valence-electron chi connectivity index (χ2n) is 6.40. The van der Waals surface area contributed by atoms with Crippen molar-refractivity contribution in [1.29, 1.82) is 0 Å². The van der Waals surface area contributed by atoms with E-state index in [9.17, 15) is 9.59 Å². The lowest BCUT2D eigenvalue weighted by Crippen LogP contribution is -2.50. The Labute approximate surface area is 114 Å². The van der Waals surface area contributed by atoms with Crippen LogP contribution in [0.4, 0.5) is 4.79 Å². The molecule has 2 N–H and O–H groups in total. The standard InChI is InChI=1S/C14H23N3O2/c1-10-4-6-14(7-5-10)12(18)17(13(19)16-14)9-11-3-2-8-15-11/h10-11,15H,2-9H2,1H3,(H,16,19). The molecule has 0 aromatic carbocycles. The van der Waals surface area contributed by atoms with Crippen LogP contribution < -0.4 is 10.6 Å². The summed E-state index contributed by atoms with van der Waals surface area (Å²) in [5.74, 6) is 0.680. The minimum Gasteiger partial charge on any atom is -0.323 e. The summed E-state index contributed by atoms with van der Waals surface area (Å²) < 4.78 is 0. The van der Waals surface area contributed by atoms with Gasteiger partial charge in [-0.2, -0.15) is 0 Å². The molecular formula is C14H23N3O2. The normalized spacial score (nSPS) is 39.1. The van der Waals surface area contributed by atoms with Gasteiger partial charge in [0.25, 0.3) is 5.91 Å². The Morgan fingerprint density at radius 2 is 2.00 bits per heavy atom. The molecule has 0 bridgehead atoms. The zero-order valence-electron chi connectivity index (χ0n) is 11.6. The highest BCUT2D eigenvalue weighted by Crippen LogP contribution is 2.36. The SMILES string of the molecule is CC1CCC2(CC1)NC(=O)N(CC1CCCN1)C2=O. The van der Waals surface area contributed by atoms with E-state index in [1.807, 2.05) is 0 Å². The van der Waals surface area contributed by atoms with E-state index in [1.54, 1.807) is 0 Å². The molecule has 106 valence electrons. The number of urea groups is 1. The number of nitrogens with one attached hydrogen (secondary N) is 2. The third-order valence-corrected chi connectivity index (χ3v) is 4.94. The molecule has 1 atom stereocenters. The third-order valence-electron chi connectivity index (χ3n) is 4.94. The first-order valence-electron chi connectivity index (χ1n) is 7.48. The average molecular weight is 265 g/mol. The van der Waals surface area contributed by atoms with E-state index < -0.39 is 5.54 Å². The van der Waals surface area contributed by atoms with Gasteiger partial charge in [0, 0.05) is 12.6 Å². The quantitative estimate of drug-likeness (QED) is 0.738. The van der Waals surface area contributed by atoms with Crippen molar-refractivity contribution in [3.63, 3.8) is 0 Å². The first kappa shape index (κ1) is 12.9. The van der Waals surface area contributed by atoms with Gasteiger partial charge in [0.05, 0.1) is 0 Å². The van der Waals surface area contributed by atoms with Crippen molar-refractivity contribution in [3.8, 4) is 0 Å². The van der Waals surface area contributed by atoms with Gasteiger partial charge in [0.1, 0.15) is 5.54 Å². The van der Waals surface area contributed by atoms with E-state index in [0.717, 1.165) is 45.1 Å². The van der Waals surface area contributed by atoms with Crippen LogP contribution in [0.2, 0.25) is 0 Å². The van der Waals surface area contributed by atoms with Crippen LogP contribution in [0.25, 0.3) is 0 Å². The first-order chi connectivity index (χ1) is 9.11. The summed E-state index contributed by atoms with van der Waals surface area (Å²) in [5.41, 5.74) is -0.581. The first-order valence-corrected chi connectivity index (χ1v) is 7.48. The van der Waals surface area contributed by atoms with E-state index >= 15 is 0 Å². The maximum Gasteiger partial charge on any atom is 0.325 e. The Hall–Kier alpha value is -1.10. The molecule has 0 radical (unpaired) electrons. The molecule has 19 heavy (non-hydrogen) atoms. The maximum absolute atomic E-state index is 12.6. The fourth-order valence-corrected chi connectivity index (χ4v) is 3.57. The Balaban J connectivity index is 1.69. The van der Waals surface area contributed by atoms with Crippen molar-refractivity contribution in [3.05, 3.63) is 0 Å². The van der Waals surface area contributed by atoms with Gasteiger partial charge in [0.15, 0.2) is 0 Å². The lowest BCUT2D eigenvalue weighted by atomic mass is 9.77. The number of hydrogen-bond acceptors (Lipinski definition) is 3. The molecular weight excluding hydrogens is 242 g/mol. The molecule has 5 heteroatoms. The molecule has 5 nitrogen and oxygen atoms in total. The number of hydrogen-bond donors (Lipinski definition) is 2. The predicted octanol–water partition coefficient (Wildman–Crippen LogP) is 1.24. The summed E-state index contributed by atoms with van der Waals surface area (Å²) in [7, 11) is 0. The second-order valence-corrected chi connectivity index (χ2v) is 6.40. The maximum atomic E-state index is 12.6. The highest BCUT2D eigenvalue weighted by Gasteiger charge is 2.52. The Kier molecular flexibility index (Phi) is 3.25. The summed E-state index contributed by atoms with van der Waals surface area (Å²) in [4.78, 5) is 26.1. The van der Waals surface area contributed by atoms with Crippen LogP contribution in [-0.4, -0.2) is 41.5 Å². The molecule has 3 aliphatic rings. The lowest BCUT2D eigenvalue weighted by Gasteiger charge is -2.33. The highest BCUT2D eigenvalue weighted by atomic mass is 16.2. The van der Waals surface area contributed by atoms with Crippen LogP contribution in [0.15, 0.2) is 0 Å². The van der Waals surface area contributed by atoms with E-state index in [-0.39, 0.29) is 18.0 Å². The third kappa shape index (κ3) is 2.24. The molecule has 2 aliphatic heterocycles. The Morgan fingerprint density at radius 1 is 1.26 bits per heavy atom. The summed E-state index contributed by atoms with van der Waals surface area (Å²) in [6.07, 6.45) is 5.85. The lowest BCUT2D eigenvalue weighted by molar-refractivity contribution is -0.132.